The van der Waals surface area contributed by atoms with Crippen molar-refractivity contribution in [1.82, 2.24) is 0 Å². The highest BCUT2D eigenvalue weighted by Gasteiger charge is 2.23. The third-order valence-electron chi connectivity index (χ3n) is 1.40. The van der Waals surface area contributed by atoms with Gasteiger partial charge >= 0.3 is 0 Å². The molecule has 0 aliphatic heterocycles. The Balaban J connectivity index is 2.72. The third kappa shape index (κ3) is 0.529. The van der Waals surface area contributed by atoms with Gasteiger partial charge in [-0.05, 0) is 6.92 Å². The second-order valence-electron chi connectivity index (χ2n) is 1.85. The number of allylic oxidation sites excluding steroid dienone is 2. The Morgan fingerprint density at radius 3 is 2.38 bits per heavy atom. The van der Waals surface area contributed by atoms with Crippen molar-refractivity contribution < 1.29 is 9.53 Å². The molecule has 0 aromatic carbocycles. The number of hydrogen-bond acceptors (Lipinski definition) is 2. The first kappa shape index (κ1) is 5.35. The van der Waals surface area contributed by atoms with E-state index < -0.39 is 0 Å². The molecule has 0 amide bonds. The maximum atomic E-state index is 10.5. The molecule has 0 saturated heterocycles. The fourth-order valence-corrected chi connectivity index (χ4v) is 0.685. The molecule has 1 aliphatic carbocycles. The Hall–Kier alpha value is -0.790. The first-order chi connectivity index (χ1) is 3.75. The van der Waals surface area contributed by atoms with Crippen LogP contribution in [-0.2, 0) is 9.53 Å². The van der Waals surface area contributed by atoms with Gasteiger partial charge < -0.3 is 4.74 Å². The van der Waals surface area contributed by atoms with E-state index in [9.17, 15) is 4.79 Å². The SMILES string of the molecule is COC1=C(C)C(=O)C1. The fraction of sp³-hybridized carbons (Fsp3) is 0.500. The summed E-state index contributed by atoms with van der Waals surface area (Å²) in [5, 5.41) is 0. The molecule has 0 aromatic heterocycles. The van der Waals surface area contributed by atoms with Gasteiger partial charge in [-0.1, -0.05) is 0 Å². The number of ether oxygens (including phenoxy) is 1. The minimum absolute atomic E-state index is 0.210. The van der Waals surface area contributed by atoms with Crippen LogP contribution in [0, 0.1) is 0 Å². The molecule has 0 unspecified atom stereocenters. The predicted molar refractivity (Wildman–Crippen MR) is 29.3 cm³/mol. The van der Waals surface area contributed by atoms with Crippen LogP contribution in [0.3, 0.4) is 0 Å². The van der Waals surface area contributed by atoms with Crippen LogP contribution in [0.25, 0.3) is 0 Å². The van der Waals surface area contributed by atoms with Crippen molar-refractivity contribution in [2.75, 3.05) is 7.11 Å². The van der Waals surface area contributed by atoms with Gasteiger partial charge in [-0.25, -0.2) is 0 Å². The fourth-order valence-electron chi connectivity index (χ4n) is 0.685. The van der Waals surface area contributed by atoms with Crippen LogP contribution in [0.5, 0.6) is 0 Å². The molecule has 0 heterocycles. The van der Waals surface area contributed by atoms with Gasteiger partial charge in [0.1, 0.15) is 5.76 Å². The minimum atomic E-state index is 0.210. The first-order valence-electron chi connectivity index (χ1n) is 2.52. The van der Waals surface area contributed by atoms with Crippen LogP contribution in [0.2, 0.25) is 0 Å². The zero-order valence-electron chi connectivity index (χ0n) is 5.02. The summed E-state index contributed by atoms with van der Waals surface area (Å²) in [7, 11) is 1.59. The molecule has 0 fully saturated rings. The summed E-state index contributed by atoms with van der Waals surface area (Å²) in [5.41, 5.74) is 0.785. The second-order valence-corrected chi connectivity index (χ2v) is 1.85. The lowest BCUT2D eigenvalue weighted by molar-refractivity contribution is -0.117. The molecule has 0 saturated carbocycles. The normalized spacial score (nSPS) is 18.5. The summed E-state index contributed by atoms with van der Waals surface area (Å²) < 4.78 is 4.83. The molecule has 2 heteroatoms. The Labute approximate surface area is 48.1 Å². The number of rotatable bonds is 1. The Kier molecular flexibility index (Phi) is 1.08. The highest BCUT2D eigenvalue weighted by molar-refractivity contribution is 6.03. The lowest BCUT2D eigenvalue weighted by atomic mass is 9.96. The number of methoxy groups -OCH3 is 1. The van der Waals surface area contributed by atoms with E-state index >= 15 is 0 Å². The summed E-state index contributed by atoms with van der Waals surface area (Å²) >= 11 is 0. The van der Waals surface area contributed by atoms with E-state index in [-0.39, 0.29) is 5.78 Å². The Morgan fingerprint density at radius 2 is 2.25 bits per heavy atom. The Morgan fingerprint density at radius 1 is 1.62 bits per heavy atom. The van der Waals surface area contributed by atoms with E-state index in [2.05, 4.69) is 0 Å². The molecule has 0 N–H and O–H groups in total. The zero-order valence-corrected chi connectivity index (χ0v) is 5.02. The number of Topliss-reactive ketones (excluding diaryl/α,β-unsaturated/α-hetero) is 1. The van der Waals surface area contributed by atoms with E-state index in [0.717, 1.165) is 11.3 Å². The third-order valence-corrected chi connectivity index (χ3v) is 1.40. The van der Waals surface area contributed by atoms with E-state index in [1.165, 1.54) is 0 Å². The average Bonchev–Trinajstić information content (AvgIpc) is 1.81. The highest BCUT2D eigenvalue weighted by Crippen LogP contribution is 2.22. The van der Waals surface area contributed by atoms with Crippen molar-refractivity contribution in [3.63, 3.8) is 0 Å². The van der Waals surface area contributed by atoms with Crippen LogP contribution in [-0.4, -0.2) is 12.9 Å². The molecule has 0 aromatic rings. The van der Waals surface area contributed by atoms with Crippen LogP contribution in [0.4, 0.5) is 0 Å². The van der Waals surface area contributed by atoms with Crippen molar-refractivity contribution in [3.05, 3.63) is 11.3 Å². The van der Waals surface area contributed by atoms with Crippen LogP contribution < -0.4 is 0 Å². The largest absolute Gasteiger partial charge is 0.500 e. The van der Waals surface area contributed by atoms with Crippen molar-refractivity contribution >= 4 is 5.78 Å². The quantitative estimate of drug-likeness (QED) is 0.503. The van der Waals surface area contributed by atoms with Crippen molar-refractivity contribution in [1.29, 1.82) is 0 Å². The molecule has 8 heavy (non-hydrogen) atoms. The second kappa shape index (κ2) is 1.62. The molecular formula is C6H8O2. The molecule has 1 rings (SSSR count). The summed E-state index contributed by atoms with van der Waals surface area (Å²) in [6.45, 7) is 1.78. The van der Waals surface area contributed by atoms with Gasteiger partial charge in [-0.3, -0.25) is 4.79 Å². The molecule has 44 valence electrons. The van der Waals surface area contributed by atoms with Gasteiger partial charge in [0.05, 0.1) is 13.5 Å². The maximum absolute atomic E-state index is 10.5. The smallest absolute Gasteiger partial charge is 0.169 e. The average molecular weight is 112 g/mol. The van der Waals surface area contributed by atoms with Crippen molar-refractivity contribution in [2.45, 2.75) is 13.3 Å². The maximum Gasteiger partial charge on any atom is 0.169 e. The standard InChI is InChI=1S/C6H8O2/c1-4-5(7)3-6(4)8-2/h3H2,1-2H3. The number of ketones is 1. The van der Waals surface area contributed by atoms with Crippen molar-refractivity contribution in [3.8, 4) is 0 Å². The van der Waals surface area contributed by atoms with Gasteiger partial charge in [0.2, 0.25) is 0 Å². The summed E-state index contributed by atoms with van der Waals surface area (Å²) in [6, 6.07) is 0. The summed E-state index contributed by atoms with van der Waals surface area (Å²) in [5.74, 6) is 1.05. The monoisotopic (exact) mass is 112 g/mol. The number of carbonyl (C=O) groups is 1. The first-order valence-corrected chi connectivity index (χ1v) is 2.52. The summed E-state index contributed by atoms with van der Waals surface area (Å²) in [6.07, 6.45) is 0.502. The minimum Gasteiger partial charge on any atom is -0.500 e. The topological polar surface area (TPSA) is 26.3 Å². The highest BCUT2D eigenvalue weighted by atomic mass is 16.5. The van der Waals surface area contributed by atoms with E-state index in [1.54, 1.807) is 14.0 Å². The molecule has 0 radical (unpaired) electrons. The van der Waals surface area contributed by atoms with E-state index in [0.29, 0.717) is 6.42 Å². The molecule has 0 bridgehead atoms. The van der Waals surface area contributed by atoms with Crippen LogP contribution >= 0.6 is 0 Å². The Bertz CT molecular complexity index is 156. The van der Waals surface area contributed by atoms with E-state index in [4.69, 9.17) is 4.74 Å². The predicted octanol–water partition coefficient (Wildman–Crippen LogP) is 0.880. The lowest BCUT2D eigenvalue weighted by Crippen LogP contribution is -2.16. The molecule has 1 aliphatic rings. The van der Waals surface area contributed by atoms with Gasteiger partial charge in [0, 0.05) is 5.57 Å². The van der Waals surface area contributed by atoms with Crippen LogP contribution in [0.1, 0.15) is 13.3 Å². The van der Waals surface area contributed by atoms with Gasteiger partial charge in [0.15, 0.2) is 5.78 Å². The van der Waals surface area contributed by atoms with Gasteiger partial charge in [0.25, 0.3) is 0 Å². The summed E-state index contributed by atoms with van der Waals surface area (Å²) in [4.78, 5) is 10.5. The molecule has 0 spiro atoms. The molecule has 0 atom stereocenters. The number of hydrogen-bond donors (Lipinski definition) is 0. The van der Waals surface area contributed by atoms with Crippen molar-refractivity contribution in [2.24, 2.45) is 0 Å². The van der Waals surface area contributed by atoms with Gasteiger partial charge in [-0.15, -0.1) is 0 Å². The molecular weight excluding hydrogens is 104 g/mol. The molecule has 2 nitrogen and oxygen atoms in total. The zero-order chi connectivity index (χ0) is 6.15. The van der Waals surface area contributed by atoms with Gasteiger partial charge in [-0.2, -0.15) is 0 Å². The lowest BCUT2D eigenvalue weighted by Gasteiger charge is -2.16. The van der Waals surface area contributed by atoms with E-state index in [1.807, 2.05) is 0 Å². The number of carbonyl (C=O) groups excluding carboxylic acids is 1. The van der Waals surface area contributed by atoms with Crippen LogP contribution in [0.15, 0.2) is 11.3 Å².